The van der Waals surface area contributed by atoms with Crippen molar-refractivity contribution >= 4 is 17.5 Å². The Morgan fingerprint density at radius 3 is 2.31 bits per heavy atom. The lowest BCUT2D eigenvalue weighted by molar-refractivity contribution is -0.122. The smallest absolute Gasteiger partial charge is 0.265 e. The van der Waals surface area contributed by atoms with Gasteiger partial charge in [0.2, 0.25) is 5.75 Å². The number of para-hydroxylation sites is 1. The molecule has 0 aliphatic carbocycles. The lowest BCUT2D eigenvalue weighted by atomic mass is 10.1. The molecule has 0 fully saturated rings. The first-order valence-corrected chi connectivity index (χ1v) is 11.2. The van der Waals surface area contributed by atoms with Crippen molar-refractivity contribution in [3.05, 3.63) is 77.4 Å². The number of carbonyl (C=O) groups is 2. The molecule has 2 N–H and O–H groups in total. The van der Waals surface area contributed by atoms with Gasteiger partial charge in [0.1, 0.15) is 5.75 Å². The molecule has 0 bridgehead atoms. The molecule has 2 atom stereocenters. The van der Waals surface area contributed by atoms with Gasteiger partial charge in [-0.25, -0.2) is 0 Å². The van der Waals surface area contributed by atoms with Crippen LogP contribution in [0, 0.1) is 0 Å². The number of benzene rings is 3. The van der Waals surface area contributed by atoms with Crippen LogP contribution in [0.1, 0.15) is 34.5 Å². The fourth-order valence-corrected chi connectivity index (χ4v) is 4.00. The maximum absolute atomic E-state index is 13.0. The maximum atomic E-state index is 13.0. The first-order valence-electron chi connectivity index (χ1n) is 11.2. The highest BCUT2D eigenvalue weighted by Crippen LogP contribution is 2.39. The predicted molar refractivity (Wildman–Crippen MR) is 132 cm³/mol. The van der Waals surface area contributed by atoms with Crippen molar-refractivity contribution in [2.45, 2.75) is 25.5 Å². The number of rotatable bonds is 8. The van der Waals surface area contributed by atoms with Gasteiger partial charge >= 0.3 is 0 Å². The SMILES string of the molecule is COc1cc(C(C)NC(=O)c2cccc(NC(=O)C3Cc4ccccc4O3)c2)cc(OC)c1OC. The zero-order valence-corrected chi connectivity index (χ0v) is 20.1. The third kappa shape index (κ3) is 5.16. The summed E-state index contributed by atoms with van der Waals surface area (Å²) in [4.78, 5) is 25.7. The molecule has 182 valence electrons. The number of anilines is 1. The summed E-state index contributed by atoms with van der Waals surface area (Å²) in [7, 11) is 4.62. The van der Waals surface area contributed by atoms with E-state index in [9.17, 15) is 9.59 Å². The minimum atomic E-state index is -0.607. The summed E-state index contributed by atoms with van der Waals surface area (Å²) >= 11 is 0. The van der Waals surface area contributed by atoms with Crippen LogP contribution in [0.15, 0.2) is 60.7 Å². The normalized spacial score (nSPS) is 14.8. The van der Waals surface area contributed by atoms with Gasteiger partial charge in [0.15, 0.2) is 17.6 Å². The van der Waals surface area contributed by atoms with Crippen LogP contribution in [0.3, 0.4) is 0 Å². The Hall–Kier alpha value is -4.20. The van der Waals surface area contributed by atoms with Gasteiger partial charge in [-0.05, 0) is 54.4 Å². The molecule has 0 spiro atoms. The van der Waals surface area contributed by atoms with Gasteiger partial charge in [0.05, 0.1) is 27.4 Å². The highest BCUT2D eigenvalue weighted by molar-refractivity contribution is 5.98. The molecule has 35 heavy (non-hydrogen) atoms. The Labute approximate surface area is 204 Å². The summed E-state index contributed by atoms with van der Waals surface area (Å²) in [5, 5.41) is 5.82. The van der Waals surface area contributed by atoms with Crippen molar-refractivity contribution in [3.8, 4) is 23.0 Å². The first kappa shape index (κ1) is 23.9. The van der Waals surface area contributed by atoms with Crippen LogP contribution >= 0.6 is 0 Å². The second kappa shape index (κ2) is 10.4. The molecule has 1 aliphatic heterocycles. The summed E-state index contributed by atoms with van der Waals surface area (Å²) < 4.78 is 21.9. The molecule has 1 heterocycles. The van der Waals surface area contributed by atoms with E-state index in [1.54, 1.807) is 50.6 Å². The molecule has 4 rings (SSSR count). The minimum absolute atomic E-state index is 0.260. The van der Waals surface area contributed by atoms with Gasteiger partial charge in [-0.15, -0.1) is 0 Å². The molecule has 8 nitrogen and oxygen atoms in total. The molecule has 0 saturated carbocycles. The van der Waals surface area contributed by atoms with E-state index >= 15 is 0 Å². The Bertz CT molecular complexity index is 1190. The van der Waals surface area contributed by atoms with Crippen molar-refractivity contribution in [1.82, 2.24) is 5.32 Å². The maximum Gasteiger partial charge on any atom is 0.265 e. The van der Waals surface area contributed by atoms with Crippen molar-refractivity contribution < 1.29 is 28.5 Å². The fraction of sp³-hybridized carbons (Fsp3) is 0.259. The van der Waals surface area contributed by atoms with Crippen LogP contribution in [0.4, 0.5) is 5.69 Å². The number of hydrogen-bond donors (Lipinski definition) is 2. The number of hydrogen-bond acceptors (Lipinski definition) is 6. The Kier molecular flexibility index (Phi) is 7.10. The van der Waals surface area contributed by atoms with E-state index in [1.165, 1.54) is 7.11 Å². The van der Waals surface area contributed by atoms with E-state index in [1.807, 2.05) is 31.2 Å². The number of carbonyl (C=O) groups excluding carboxylic acids is 2. The Morgan fingerprint density at radius 2 is 1.66 bits per heavy atom. The van der Waals surface area contributed by atoms with Gasteiger partial charge < -0.3 is 29.6 Å². The van der Waals surface area contributed by atoms with E-state index in [0.29, 0.717) is 34.9 Å². The van der Waals surface area contributed by atoms with E-state index in [2.05, 4.69) is 10.6 Å². The van der Waals surface area contributed by atoms with Crippen molar-refractivity contribution in [2.75, 3.05) is 26.6 Å². The van der Waals surface area contributed by atoms with Crippen LogP contribution in [0.5, 0.6) is 23.0 Å². The number of fused-ring (bicyclic) bond motifs is 1. The average molecular weight is 477 g/mol. The molecular formula is C27H28N2O6. The topological polar surface area (TPSA) is 95.1 Å². The zero-order valence-electron chi connectivity index (χ0n) is 20.1. The number of methoxy groups -OCH3 is 3. The molecule has 8 heteroatoms. The zero-order chi connectivity index (χ0) is 24.9. The van der Waals surface area contributed by atoms with Gasteiger partial charge in [-0.2, -0.15) is 0 Å². The van der Waals surface area contributed by atoms with Crippen LogP contribution in [0.2, 0.25) is 0 Å². The van der Waals surface area contributed by atoms with Crippen molar-refractivity contribution in [1.29, 1.82) is 0 Å². The highest BCUT2D eigenvalue weighted by atomic mass is 16.5. The number of amides is 2. The van der Waals surface area contributed by atoms with Crippen molar-refractivity contribution in [2.24, 2.45) is 0 Å². The van der Waals surface area contributed by atoms with E-state index < -0.39 is 6.10 Å². The quantitative estimate of drug-likeness (QED) is 0.507. The fourth-order valence-electron chi connectivity index (χ4n) is 4.00. The van der Waals surface area contributed by atoms with Gasteiger partial charge in [0, 0.05) is 17.7 Å². The molecule has 3 aromatic rings. The lowest BCUT2D eigenvalue weighted by Gasteiger charge is -2.19. The Morgan fingerprint density at radius 1 is 0.943 bits per heavy atom. The second-order valence-electron chi connectivity index (χ2n) is 8.14. The highest BCUT2D eigenvalue weighted by Gasteiger charge is 2.29. The van der Waals surface area contributed by atoms with E-state index in [4.69, 9.17) is 18.9 Å². The molecule has 2 amide bonds. The summed E-state index contributed by atoms with van der Waals surface area (Å²) in [6.45, 7) is 1.86. The third-order valence-corrected chi connectivity index (χ3v) is 5.87. The molecule has 3 aromatic carbocycles. The van der Waals surface area contributed by atoms with Gasteiger partial charge in [0.25, 0.3) is 11.8 Å². The lowest BCUT2D eigenvalue weighted by Crippen LogP contribution is -2.31. The van der Waals surface area contributed by atoms with E-state index in [0.717, 1.165) is 16.9 Å². The molecular weight excluding hydrogens is 448 g/mol. The molecule has 0 aromatic heterocycles. The minimum Gasteiger partial charge on any atom is -0.493 e. The third-order valence-electron chi connectivity index (χ3n) is 5.87. The van der Waals surface area contributed by atoms with Crippen LogP contribution < -0.4 is 29.6 Å². The van der Waals surface area contributed by atoms with Gasteiger partial charge in [-0.3, -0.25) is 9.59 Å². The molecule has 2 unspecified atom stereocenters. The predicted octanol–water partition coefficient (Wildman–Crippen LogP) is 4.15. The summed E-state index contributed by atoms with van der Waals surface area (Å²) in [6.07, 6.45) is -0.0981. The summed E-state index contributed by atoms with van der Waals surface area (Å²) in [5.74, 6) is 1.67. The Balaban J connectivity index is 1.43. The summed E-state index contributed by atoms with van der Waals surface area (Å²) in [6, 6.07) is 17.6. The van der Waals surface area contributed by atoms with Crippen LogP contribution in [0.25, 0.3) is 0 Å². The largest absolute Gasteiger partial charge is 0.493 e. The standard InChI is InChI=1S/C27H28N2O6/c1-16(19-14-22(32-2)25(34-4)23(15-19)33-3)28-26(30)18-9-7-10-20(12-18)29-27(31)24-13-17-8-5-6-11-21(17)35-24/h5-12,14-16,24H,13H2,1-4H3,(H,28,30)(H,29,31). The first-order chi connectivity index (χ1) is 16.9. The number of nitrogens with one attached hydrogen (secondary N) is 2. The van der Waals surface area contributed by atoms with Crippen LogP contribution in [-0.2, 0) is 11.2 Å². The van der Waals surface area contributed by atoms with Crippen LogP contribution in [-0.4, -0.2) is 39.2 Å². The average Bonchev–Trinajstić information content (AvgIpc) is 3.32. The molecule has 0 saturated heterocycles. The summed E-state index contributed by atoms with van der Waals surface area (Å²) in [5.41, 5.74) is 2.72. The van der Waals surface area contributed by atoms with E-state index in [-0.39, 0.29) is 17.9 Å². The second-order valence-corrected chi connectivity index (χ2v) is 8.14. The molecule has 0 radical (unpaired) electrons. The number of ether oxygens (including phenoxy) is 4. The van der Waals surface area contributed by atoms with Gasteiger partial charge in [-0.1, -0.05) is 24.3 Å². The molecule has 1 aliphatic rings. The van der Waals surface area contributed by atoms with Crippen molar-refractivity contribution in [3.63, 3.8) is 0 Å². The monoisotopic (exact) mass is 476 g/mol.